The van der Waals surface area contributed by atoms with Crippen molar-refractivity contribution in [1.82, 2.24) is 0 Å². The van der Waals surface area contributed by atoms with Gasteiger partial charge in [0.05, 0.1) is 6.61 Å². The van der Waals surface area contributed by atoms with E-state index in [0.717, 1.165) is 11.1 Å². The monoisotopic (exact) mass is 518 g/mol. The molecule has 3 aromatic rings. The first kappa shape index (κ1) is 26.3. The van der Waals surface area contributed by atoms with E-state index in [1.54, 1.807) is 30.3 Å². The van der Waals surface area contributed by atoms with Crippen molar-refractivity contribution in [3.8, 4) is 11.5 Å². The van der Waals surface area contributed by atoms with E-state index >= 15 is 0 Å². The van der Waals surface area contributed by atoms with Gasteiger partial charge in [-0.3, -0.25) is 0 Å². The van der Waals surface area contributed by atoms with E-state index in [9.17, 15) is 24.8 Å². The van der Waals surface area contributed by atoms with Crippen LogP contribution in [-0.4, -0.2) is 64.7 Å². The third kappa shape index (κ3) is 6.34. The first-order chi connectivity index (χ1) is 17.4. The zero-order valence-electron chi connectivity index (χ0n) is 19.3. The first-order valence-electron chi connectivity index (χ1n) is 11.5. The maximum atomic E-state index is 12.9. The third-order valence-corrected chi connectivity index (χ3v) is 6.41. The lowest BCUT2D eigenvalue weighted by atomic mass is 9.90. The second-order valence-electron chi connectivity index (χ2n) is 8.57. The van der Waals surface area contributed by atoms with Crippen LogP contribution in [0.15, 0.2) is 66.7 Å². The predicted molar refractivity (Wildman–Crippen MR) is 131 cm³/mol. The Hall–Kier alpha value is -2.72. The Bertz CT molecular complexity index is 1120. The number of aliphatic hydroxyl groups is 4. The second-order valence-corrected chi connectivity index (χ2v) is 8.98. The van der Waals surface area contributed by atoms with Gasteiger partial charge in [-0.25, -0.2) is 4.39 Å². The zero-order chi connectivity index (χ0) is 25.7. The fraction of sp³-hybridized carbons (Fsp3) is 0.333. The van der Waals surface area contributed by atoms with Gasteiger partial charge in [-0.05, 0) is 65.6 Å². The van der Waals surface area contributed by atoms with Gasteiger partial charge in [0, 0.05) is 5.02 Å². The number of halogens is 2. The average molecular weight is 519 g/mol. The topological polar surface area (TPSA) is 109 Å². The van der Waals surface area contributed by atoms with Crippen LogP contribution in [0.5, 0.6) is 11.5 Å². The van der Waals surface area contributed by atoms with E-state index in [2.05, 4.69) is 0 Å². The molecule has 0 saturated carbocycles. The van der Waals surface area contributed by atoms with Crippen LogP contribution in [0.3, 0.4) is 0 Å². The molecule has 0 unspecified atom stereocenters. The molecule has 0 aromatic heterocycles. The van der Waals surface area contributed by atoms with Crippen LogP contribution in [-0.2, 0) is 11.2 Å². The third-order valence-electron chi connectivity index (χ3n) is 6.04. The maximum absolute atomic E-state index is 12.9. The normalized spacial score (nSPS) is 23.9. The average Bonchev–Trinajstić information content (AvgIpc) is 2.89. The van der Waals surface area contributed by atoms with Gasteiger partial charge in [0.25, 0.3) is 0 Å². The lowest BCUT2D eigenvalue weighted by Crippen LogP contribution is -2.55. The predicted octanol–water partition coefficient (Wildman–Crippen LogP) is 3.04. The minimum atomic E-state index is -1.45. The van der Waals surface area contributed by atoms with Gasteiger partial charge < -0.3 is 34.6 Å². The lowest BCUT2D eigenvalue weighted by Gasteiger charge is -2.40. The second kappa shape index (κ2) is 12.0. The van der Waals surface area contributed by atoms with Crippen molar-refractivity contribution < 1.29 is 39.0 Å². The molecule has 9 heteroatoms. The zero-order valence-corrected chi connectivity index (χ0v) is 20.1. The molecule has 1 aliphatic heterocycles. The highest BCUT2D eigenvalue weighted by molar-refractivity contribution is 6.31. The summed E-state index contributed by atoms with van der Waals surface area (Å²) >= 11 is 6.41. The van der Waals surface area contributed by atoms with Crippen LogP contribution in [0.2, 0.25) is 5.02 Å². The fourth-order valence-electron chi connectivity index (χ4n) is 4.06. The summed E-state index contributed by atoms with van der Waals surface area (Å²) in [6.45, 7) is 0.145. The summed E-state index contributed by atoms with van der Waals surface area (Å²) in [5, 5.41) is 40.5. The molecule has 0 amide bonds. The van der Waals surface area contributed by atoms with Crippen LogP contribution in [0.25, 0.3) is 0 Å². The van der Waals surface area contributed by atoms with Crippen molar-refractivity contribution in [2.45, 2.75) is 36.9 Å². The standard InChI is InChI=1S/C27H28ClFO7/c28-22-10-3-17(27-26(33)25(32)24(31)23(15-30)36-27)14-18(22)13-16-1-6-20(7-2-16)34-11-12-35-21-8-4-19(29)5-9-21/h1-10,14,23-27,30-33H,11-13,15H2/t23-,24-,25+,26-,27+/m1/s1. The highest BCUT2D eigenvalue weighted by Gasteiger charge is 2.44. The Morgan fingerprint density at radius 3 is 2.03 bits per heavy atom. The van der Waals surface area contributed by atoms with E-state index in [1.165, 1.54) is 12.1 Å². The summed E-state index contributed by atoms with van der Waals surface area (Å²) < 4.78 is 29.8. The molecule has 0 bridgehead atoms. The molecular weight excluding hydrogens is 491 g/mol. The van der Waals surface area contributed by atoms with Gasteiger partial charge in [-0.15, -0.1) is 0 Å². The Morgan fingerprint density at radius 2 is 1.42 bits per heavy atom. The van der Waals surface area contributed by atoms with Crippen LogP contribution in [0.4, 0.5) is 4.39 Å². The quantitative estimate of drug-likeness (QED) is 0.322. The van der Waals surface area contributed by atoms with Crippen LogP contribution in [0.1, 0.15) is 22.8 Å². The molecule has 1 fully saturated rings. The molecule has 36 heavy (non-hydrogen) atoms. The van der Waals surface area contributed by atoms with Crippen LogP contribution >= 0.6 is 11.6 Å². The summed E-state index contributed by atoms with van der Waals surface area (Å²) in [6.07, 6.45) is -5.64. The number of hydrogen-bond acceptors (Lipinski definition) is 7. The number of rotatable bonds is 9. The van der Waals surface area contributed by atoms with Crippen LogP contribution < -0.4 is 9.47 Å². The van der Waals surface area contributed by atoms with Crippen molar-refractivity contribution in [1.29, 1.82) is 0 Å². The molecule has 1 aliphatic rings. The van der Waals surface area contributed by atoms with Crippen molar-refractivity contribution in [2.75, 3.05) is 19.8 Å². The van der Waals surface area contributed by atoms with Gasteiger partial charge in [-0.1, -0.05) is 35.9 Å². The number of benzene rings is 3. The number of ether oxygens (including phenoxy) is 3. The number of aliphatic hydroxyl groups excluding tert-OH is 4. The minimum Gasteiger partial charge on any atom is -0.490 e. The SMILES string of the molecule is OC[C@H]1O[C@@H](c2ccc(Cl)c(Cc3ccc(OCCOc4ccc(F)cc4)cc3)c2)[C@H](O)[C@@H](O)[C@@H]1O. The summed E-state index contributed by atoms with van der Waals surface area (Å²) in [5.41, 5.74) is 2.33. The molecule has 7 nitrogen and oxygen atoms in total. The smallest absolute Gasteiger partial charge is 0.123 e. The molecule has 1 saturated heterocycles. The van der Waals surface area contributed by atoms with Gasteiger partial charge in [0.1, 0.15) is 61.0 Å². The molecule has 0 spiro atoms. The molecule has 0 radical (unpaired) electrons. The first-order valence-corrected chi connectivity index (χ1v) is 11.9. The molecule has 0 aliphatic carbocycles. The van der Waals surface area contributed by atoms with Crippen molar-refractivity contribution in [3.63, 3.8) is 0 Å². The van der Waals surface area contributed by atoms with E-state index in [-0.39, 0.29) is 5.82 Å². The van der Waals surface area contributed by atoms with Crippen molar-refractivity contribution >= 4 is 11.6 Å². The molecule has 4 N–H and O–H groups in total. The van der Waals surface area contributed by atoms with Gasteiger partial charge in [-0.2, -0.15) is 0 Å². The van der Waals surface area contributed by atoms with E-state index in [0.29, 0.717) is 41.7 Å². The summed E-state index contributed by atoms with van der Waals surface area (Å²) in [4.78, 5) is 0. The summed E-state index contributed by atoms with van der Waals surface area (Å²) in [7, 11) is 0. The highest BCUT2D eigenvalue weighted by atomic mass is 35.5. The molecule has 3 aromatic carbocycles. The van der Waals surface area contributed by atoms with Crippen molar-refractivity contribution in [2.24, 2.45) is 0 Å². The minimum absolute atomic E-state index is 0.313. The van der Waals surface area contributed by atoms with Gasteiger partial charge >= 0.3 is 0 Å². The highest BCUT2D eigenvalue weighted by Crippen LogP contribution is 2.34. The van der Waals surface area contributed by atoms with Crippen molar-refractivity contribution in [3.05, 3.63) is 94.3 Å². The van der Waals surface area contributed by atoms with E-state index in [1.807, 2.05) is 24.3 Å². The Labute approximate surface area is 213 Å². The van der Waals surface area contributed by atoms with Crippen LogP contribution in [0, 0.1) is 5.82 Å². The molecule has 4 rings (SSSR count). The molecular formula is C27H28ClFO7. The maximum Gasteiger partial charge on any atom is 0.123 e. The largest absolute Gasteiger partial charge is 0.490 e. The Balaban J connectivity index is 1.35. The fourth-order valence-corrected chi connectivity index (χ4v) is 4.24. The Kier molecular flexibility index (Phi) is 8.79. The summed E-state index contributed by atoms with van der Waals surface area (Å²) in [5.74, 6) is 0.918. The molecule has 5 atom stereocenters. The summed E-state index contributed by atoms with van der Waals surface area (Å²) in [6, 6.07) is 18.4. The lowest BCUT2D eigenvalue weighted by molar-refractivity contribution is -0.231. The van der Waals surface area contributed by atoms with E-state index < -0.39 is 37.1 Å². The molecule has 1 heterocycles. The van der Waals surface area contributed by atoms with Gasteiger partial charge in [0.15, 0.2) is 0 Å². The Morgan fingerprint density at radius 1 is 0.806 bits per heavy atom. The van der Waals surface area contributed by atoms with Gasteiger partial charge in [0.2, 0.25) is 0 Å². The molecule has 192 valence electrons. The van der Waals surface area contributed by atoms with E-state index in [4.69, 9.17) is 25.8 Å². The number of hydrogen-bond donors (Lipinski definition) is 4.